The summed E-state index contributed by atoms with van der Waals surface area (Å²) in [5, 5.41) is 0. The third kappa shape index (κ3) is 3.30. The summed E-state index contributed by atoms with van der Waals surface area (Å²) in [6, 6.07) is 11.0. The van der Waals surface area contributed by atoms with E-state index in [9.17, 15) is 4.79 Å². The number of carbonyl (C=O) groups excluding carboxylic acids is 1. The van der Waals surface area contributed by atoms with Gasteiger partial charge in [-0.05, 0) is 54.8 Å². The summed E-state index contributed by atoms with van der Waals surface area (Å²) in [5.74, 6) is 2.60. The third-order valence-electron chi connectivity index (χ3n) is 4.77. The summed E-state index contributed by atoms with van der Waals surface area (Å²) in [4.78, 5) is 14.9. The Kier molecular flexibility index (Phi) is 4.62. The van der Waals surface area contributed by atoms with Crippen LogP contribution in [-0.4, -0.2) is 38.4 Å². The van der Waals surface area contributed by atoms with Crippen LogP contribution < -0.4 is 18.9 Å². The van der Waals surface area contributed by atoms with Crippen molar-refractivity contribution in [1.29, 1.82) is 0 Å². The summed E-state index contributed by atoms with van der Waals surface area (Å²) < 4.78 is 21.4. The predicted octanol–water partition coefficient (Wildman–Crippen LogP) is 3.71. The molecule has 2 heterocycles. The van der Waals surface area contributed by atoms with E-state index in [4.69, 9.17) is 18.9 Å². The molecule has 2 aromatic carbocycles. The van der Waals surface area contributed by atoms with Gasteiger partial charge in [-0.2, -0.15) is 0 Å². The first kappa shape index (κ1) is 17.3. The molecule has 2 aromatic rings. The van der Waals surface area contributed by atoms with E-state index < -0.39 is 0 Å². The molecule has 1 amide bonds. The SMILES string of the molecule is COc1ccc(C(=O)N2CCC/C2=C/c2ccc3c(c2)OCO3)cc1OC. The van der Waals surface area contributed by atoms with Gasteiger partial charge in [-0.25, -0.2) is 0 Å². The van der Waals surface area contributed by atoms with Crippen molar-refractivity contribution in [3.63, 3.8) is 0 Å². The number of allylic oxidation sites excluding steroid dienone is 1. The molecule has 0 unspecified atom stereocenters. The van der Waals surface area contributed by atoms with E-state index in [0.717, 1.165) is 35.6 Å². The van der Waals surface area contributed by atoms with Gasteiger partial charge in [-0.1, -0.05) is 6.07 Å². The Morgan fingerprint density at radius 1 is 1.04 bits per heavy atom. The van der Waals surface area contributed by atoms with Gasteiger partial charge in [0.15, 0.2) is 23.0 Å². The molecule has 140 valence electrons. The first-order valence-electron chi connectivity index (χ1n) is 8.83. The summed E-state index contributed by atoms with van der Waals surface area (Å²) in [7, 11) is 3.14. The van der Waals surface area contributed by atoms with Gasteiger partial charge in [-0.3, -0.25) is 4.79 Å². The number of methoxy groups -OCH3 is 2. The smallest absolute Gasteiger partial charge is 0.258 e. The van der Waals surface area contributed by atoms with Crippen LogP contribution in [-0.2, 0) is 0 Å². The van der Waals surface area contributed by atoms with Crippen molar-refractivity contribution in [3.05, 3.63) is 53.2 Å². The van der Waals surface area contributed by atoms with Crippen LogP contribution in [0.3, 0.4) is 0 Å². The van der Waals surface area contributed by atoms with Crippen molar-refractivity contribution in [2.45, 2.75) is 12.8 Å². The quantitative estimate of drug-likeness (QED) is 0.825. The van der Waals surface area contributed by atoms with Gasteiger partial charge in [0.2, 0.25) is 6.79 Å². The second-order valence-electron chi connectivity index (χ2n) is 6.38. The van der Waals surface area contributed by atoms with Crippen LogP contribution in [0.15, 0.2) is 42.1 Å². The Hall–Kier alpha value is -3.15. The highest BCUT2D eigenvalue weighted by molar-refractivity contribution is 5.96. The number of likely N-dealkylation sites (tertiary alicyclic amines) is 1. The van der Waals surface area contributed by atoms with Crippen molar-refractivity contribution in [2.24, 2.45) is 0 Å². The first-order valence-corrected chi connectivity index (χ1v) is 8.83. The maximum Gasteiger partial charge on any atom is 0.258 e. The number of rotatable bonds is 4. The van der Waals surface area contributed by atoms with E-state index in [1.165, 1.54) is 0 Å². The van der Waals surface area contributed by atoms with Gasteiger partial charge in [0.25, 0.3) is 5.91 Å². The van der Waals surface area contributed by atoms with Crippen molar-refractivity contribution < 1.29 is 23.7 Å². The maximum absolute atomic E-state index is 13.0. The van der Waals surface area contributed by atoms with Gasteiger partial charge in [0, 0.05) is 17.8 Å². The number of amides is 1. The van der Waals surface area contributed by atoms with Crippen LogP contribution >= 0.6 is 0 Å². The van der Waals surface area contributed by atoms with Crippen LogP contribution in [0.2, 0.25) is 0 Å². The van der Waals surface area contributed by atoms with E-state index in [1.54, 1.807) is 32.4 Å². The Morgan fingerprint density at radius 2 is 1.85 bits per heavy atom. The highest BCUT2D eigenvalue weighted by Gasteiger charge is 2.25. The molecule has 6 heteroatoms. The van der Waals surface area contributed by atoms with E-state index in [2.05, 4.69) is 0 Å². The zero-order valence-corrected chi connectivity index (χ0v) is 15.4. The molecule has 1 fully saturated rings. The van der Waals surface area contributed by atoms with Crippen molar-refractivity contribution >= 4 is 12.0 Å². The van der Waals surface area contributed by atoms with Crippen LogP contribution in [0, 0.1) is 0 Å². The lowest BCUT2D eigenvalue weighted by molar-refractivity contribution is 0.0826. The average Bonchev–Trinajstić information content (AvgIpc) is 3.35. The van der Waals surface area contributed by atoms with Crippen molar-refractivity contribution in [3.8, 4) is 23.0 Å². The van der Waals surface area contributed by atoms with Gasteiger partial charge in [0.05, 0.1) is 14.2 Å². The van der Waals surface area contributed by atoms with E-state index in [0.29, 0.717) is 23.6 Å². The fraction of sp³-hybridized carbons (Fsp3) is 0.286. The minimum Gasteiger partial charge on any atom is -0.493 e. The normalized spacial score (nSPS) is 16.7. The molecule has 0 aromatic heterocycles. The van der Waals surface area contributed by atoms with E-state index in [-0.39, 0.29) is 12.7 Å². The molecule has 0 aliphatic carbocycles. The molecule has 27 heavy (non-hydrogen) atoms. The van der Waals surface area contributed by atoms with Crippen molar-refractivity contribution in [2.75, 3.05) is 27.6 Å². The summed E-state index contributed by atoms with van der Waals surface area (Å²) >= 11 is 0. The van der Waals surface area contributed by atoms with E-state index in [1.807, 2.05) is 29.2 Å². The second kappa shape index (κ2) is 7.23. The largest absolute Gasteiger partial charge is 0.493 e. The third-order valence-corrected chi connectivity index (χ3v) is 4.77. The average molecular weight is 367 g/mol. The summed E-state index contributed by atoms with van der Waals surface area (Å²) in [6.07, 6.45) is 3.83. The molecule has 2 aliphatic rings. The number of nitrogens with zero attached hydrogens (tertiary/aromatic N) is 1. The van der Waals surface area contributed by atoms with Crippen LogP contribution in [0.25, 0.3) is 6.08 Å². The molecule has 0 saturated carbocycles. The summed E-state index contributed by atoms with van der Waals surface area (Å²) in [5.41, 5.74) is 2.56. The number of ether oxygens (including phenoxy) is 4. The number of benzene rings is 2. The highest BCUT2D eigenvalue weighted by Crippen LogP contribution is 2.35. The minimum absolute atomic E-state index is 0.0413. The fourth-order valence-electron chi connectivity index (χ4n) is 3.40. The molecule has 0 bridgehead atoms. The molecule has 0 radical (unpaired) electrons. The standard InChI is InChI=1S/C21H21NO5/c1-24-17-8-6-15(12-19(17)25-2)21(23)22-9-3-4-16(22)10-14-5-7-18-20(11-14)27-13-26-18/h5-8,10-12H,3-4,9,13H2,1-2H3/b16-10-. The summed E-state index contributed by atoms with van der Waals surface area (Å²) in [6.45, 7) is 0.947. The molecule has 6 nitrogen and oxygen atoms in total. The molecular weight excluding hydrogens is 346 g/mol. The van der Waals surface area contributed by atoms with Gasteiger partial charge >= 0.3 is 0 Å². The van der Waals surface area contributed by atoms with Crippen LogP contribution in [0.1, 0.15) is 28.8 Å². The predicted molar refractivity (Wildman–Crippen MR) is 100 cm³/mol. The lowest BCUT2D eigenvalue weighted by Gasteiger charge is -2.19. The number of hydrogen-bond acceptors (Lipinski definition) is 5. The second-order valence-corrected chi connectivity index (χ2v) is 6.38. The van der Waals surface area contributed by atoms with E-state index >= 15 is 0 Å². The zero-order valence-electron chi connectivity index (χ0n) is 15.4. The minimum atomic E-state index is -0.0413. The maximum atomic E-state index is 13.0. The van der Waals surface area contributed by atoms with Crippen LogP contribution in [0.5, 0.6) is 23.0 Å². The zero-order chi connectivity index (χ0) is 18.8. The highest BCUT2D eigenvalue weighted by atomic mass is 16.7. The van der Waals surface area contributed by atoms with Gasteiger partial charge in [-0.15, -0.1) is 0 Å². The van der Waals surface area contributed by atoms with Gasteiger partial charge < -0.3 is 23.8 Å². The molecule has 0 N–H and O–H groups in total. The number of carbonyl (C=O) groups is 1. The Labute approximate surface area is 157 Å². The molecule has 0 spiro atoms. The lowest BCUT2D eigenvalue weighted by Crippen LogP contribution is -2.26. The Morgan fingerprint density at radius 3 is 2.67 bits per heavy atom. The molecule has 0 atom stereocenters. The lowest BCUT2D eigenvalue weighted by atomic mass is 10.1. The number of hydrogen-bond donors (Lipinski definition) is 0. The van der Waals surface area contributed by atoms with Gasteiger partial charge in [0.1, 0.15) is 0 Å². The topological polar surface area (TPSA) is 57.2 Å². The molecule has 1 saturated heterocycles. The number of fused-ring (bicyclic) bond motifs is 1. The molecular formula is C21H21NO5. The molecule has 4 rings (SSSR count). The monoisotopic (exact) mass is 367 g/mol. The van der Waals surface area contributed by atoms with Crippen LogP contribution in [0.4, 0.5) is 0 Å². The first-order chi connectivity index (χ1) is 13.2. The Bertz CT molecular complexity index is 905. The molecule has 2 aliphatic heterocycles. The van der Waals surface area contributed by atoms with Crippen molar-refractivity contribution in [1.82, 2.24) is 4.90 Å². The Balaban J connectivity index is 1.60. The fourth-order valence-corrected chi connectivity index (χ4v) is 3.40.